The summed E-state index contributed by atoms with van der Waals surface area (Å²) in [5, 5.41) is 11.5. The number of phenolic OH excluding ortho intramolecular Hbond substituents is 1. The molecule has 0 saturated heterocycles. The molecule has 1 heterocycles. The molecule has 2 aromatic rings. The van der Waals surface area contributed by atoms with Gasteiger partial charge in [0.25, 0.3) is 0 Å². The molecular weight excluding hydrogens is 284 g/mol. The van der Waals surface area contributed by atoms with Crippen LogP contribution in [-0.2, 0) is 0 Å². The zero-order valence-corrected chi connectivity index (χ0v) is 13.2. The van der Waals surface area contributed by atoms with Crippen molar-refractivity contribution in [2.45, 2.75) is 20.8 Å². The second-order valence-electron chi connectivity index (χ2n) is 3.90. The number of halogens is 1. The Bertz CT molecular complexity index is 690. The monoisotopic (exact) mass is 302 g/mol. The molecule has 1 aromatic carbocycles. The zero-order chi connectivity index (χ0) is 15.8. The van der Waals surface area contributed by atoms with Crippen molar-refractivity contribution in [3.63, 3.8) is 0 Å². The van der Waals surface area contributed by atoms with Crippen LogP contribution in [0.4, 0.5) is 0 Å². The third kappa shape index (κ3) is 3.70. The Kier molecular flexibility index (Phi) is 6.63. The average molecular weight is 303 g/mol. The Morgan fingerprint density at radius 3 is 2.71 bits per heavy atom. The smallest absolute Gasteiger partial charge is 0.149 e. The summed E-state index contributed by atoms with van der Waals surface area (Å²) >= 11 is 6.21. The van der Waals surface area contributed by atoms with Gasteiger partial charge in [0.15, 0.2) is 0 Å². The fourth-order valence-corrected chi connectivity index (χ4v) is 2.10. The summed E-state index contributed by atoms with van der Waals surface area (Å²) in [7, 11) is 0. The van der Waals surface area contributed by atoms with Crippen molar-refractivity contribution in [2.24, 2.45) is 0 Å². The van der Waals surface area contributed by atoms with Crippen LogP contribution in [0, 0.1) is 0 Å². The van der Waals surface area contributed by atoms with Crippen LogP contribution < -0.4 is 0 Å². The molecule has 0 amide bonds. The fourth-order valence-electron chi connectivity index (χ4n) is 1.86. The van der Waals surface area contributed by atoms with E-state index in [4.69, 9.17) is 11.6 Å². The number of aromatic nitrogens is 2. The van der Waals surface area contributed by atoms with E-state index in [9.17, 15) is 5.11 Å². The molecular formula is C17H19ClN2O. The summed E-state index contributed by atoms with van der Waals surface area (Å²) in [4.78, 5) is 7.99. The van der Waals surface area contributed by atoms with Crippen LogP contribution in [0.25, 0.3) is 16.5 Å². The normalized spacial score (nSPS) is 11.3. The van der Waals surface area contributed by atoms with Gasteiger partial charge in [-0.2, -0.15) is 0 Å². The fraction of sp³-hybridized carbons (Fsp3) is 0.176. The van der Waals surface area contributed by atoms with E-state index in [0.717, 1.165) is 5.57 Å². The van der Waals surface area contributed by atoms with Gasteiger partial charge in [0.05, 0.1) is 5.02 Å². The first-order valence-electron chi connectivity index (χ1n) is 6.76. The zero-order valence-electron chi connectivity index (χ0n) is 12.5. The highest BCUT2D eigenvalue weighted by Gasteiger charge is 2.13. The molecule has 2 rings (SSSR count). The van der Waals surface area contributed by atoms with Gasteiger partial charge in [0.2, 0.25) is 0 Å². The number of rotatable bonds is 3. The Hall–Kier alpha value is -2.13. The van der Waals surface area contributed by atoms with Crippen molar-refractivity contribution < 1.29 is 5.11 Å². The summed E-state index contributed by atoms with van der Waals surface area (Å²) in [5.74, 6) is 0.0907. The van der Waals surface area contributed by atoms with Crippen molar-refractivity contribution in [3.05, 3.63) is 60.1 Å². The molecule has 1 N–H and O–H groups in total. The molecule has 3 nitrogen and oxygen atoms in total. The lowest BCUT2D eigenvalue weighted by Gasteiger charge is -2.09. The van der Waals surface area contributed by atoms with Crippen LogP contribution in [0.1, 0.15) is 26.3 Å². The Morgan fingerprint density at radius 2 is 2.10 bits per heavy atom. The molecule has 4 heteroatoms. The Balaban J connectivity index is 0.00000106. The molecule has 0 saturated carbocycles. The number of hydrogen-bond acceptors (Lipinski definition) is 3. The third-order valence-electron chi connectivity index (χ3n) is 2.67. The predicted molar refractivity (Wildman–Crippen MR) is 90.5 cm³/mol. The lowest BCUT2D eigenvalue weighted by Crippen LogP contribution is -1.89. The summed E-state index contributed by atoms with van der Waals surface area (Å²) in [6, 6.07) is 1.71. The van der Waals surface area contributed by atoms with Gasteiger partial charge in [-0.25, -0.2) is 9.97 Å². The average Bonchev–Trinajstić information content (AvgIpc) is 2.53. The van der Waals surface area contributed by atoms with Gasteiger partial charge in [-0.1, -0.05) is 56.3 Å². The topological polar surface area (TPSA) is 46.0 Å². The maximum atomic E-state index is 10.3. The first-order valence-corrected chi connectivity index (χ1v) is 7.13. The lowest BCUT2D eigenvalue weighted by atomic mass is 10.0. The van der Waals surface area contributed by atoms with Crippen molar-refractivity contribution in [2.75, 3.05) is 0 Å². The number of phenols is 1. The first-order chi connectivity index (χ1) is 10.2. The van der Waals surface area contributed by atoms with Gasteiger partial charge < -0.3 is 5.11 Å². The van der Waals surface area contributed by atoms with Gasteiger partial charge in [0, 0.05) is 17.1 Å². The van der Waals surface area contributed by atoms with E-state index >= 15 is 0 Å². The lowest BCUT2D eigenvalue weighted by molar-refractivity contribution is 0.478. The minimum Gasteiger partial charge on any atom is -0.505 e. The van der Waals surface area contributed by atoms with E-state index < -0.39 is 0 Å². The first kappa shape index (κ1) is 16.9. The second-order valence-corrected chi connectivity index (χ2v) is 4.30. The van der Waals surface area contributed by atoms with Crippen molar-refractivity contribution in [1.82, 2.24) is 9.97 Å². The summed E-state index contributed by atoms with van der Waals surface area (Å²) in [5.41, 5.74) is 1.88. The van der Waals surface area contributed by atoms with E-state index in [1.165, 1.54) is 6.33 Å². The van der Waals surface area contributed by atoms with Crippen LogP contribution >= 0.6 is 11.6 Å². The van der Waals surface area contributed by atoms with E-state index in [0.29, 0.717) is 21.5 Å². The summed E-state index contributed by atoms with van der Waals surface area (Å²) < 4.78 is 0. The minimum atomic E-state index is 0.0907. The highest BCUT2D eigenvalue weighted by atomic mass is 35.5. The van der Waals surface area contributed by atoms with Gasteiger partial charge in [-0.3, -0.25) is 0 Å². The molecule has 0 aliphatic rings. The highest BCUT2D eigenvalue weighted by molar-refractivity contribution is 6.35. The minimum absolute atomic E-state index is 0.0907. The standard InChI is InChI=1S/C15H13ClN2O.C2H6/c1-3-5-10(6-4-2)11-7-13(16)12-8-17-9-18-14(12)15(11)19;1-2/h3-9,19H,1H2,2H3;1-2H3/b6-4-,10-5+;. The SMILES string of the molecule is C=C/C=C(\C=C/C)c1cc(Cl)c2cncnc2c1O.CC. The summed E-state index contributed by atoms with van der Waals surface area (Å²) in [6.07, 6.45) is 10.2. The van der Waals surface area contributed by atoms with Crippen molar-refractivity contribution in [3.8, 4) is 5.75 Å². The van der Waals surface area contributed by atoms with E-state index in [2.05, 4.69) is 16.5 Å². The number of nitrogens with zero attached hydrogens (tertiary/aromatic N) is 2. The Labute approximate surface area is 130 Å². The molecule has 0 aliphatic heterocycles. The second kappa shape index (κ2) is 8.22. The summed E-state index contributed by atoms with van der Waals surface area (Å²) in [6.45, 7) is 9.57. The van der Waals surface area contributed by atoms with Gasteiger partial charge >= 0.3 is 0 Å². The molecule has 0 bridgehead atoms. The van der Waals surface area contributed by atoms with Crippen molar-refractivity contribution >= 4 is 28.1 Å². The number of hydrogen-bond donors (Lipinski definition) is 1. The Morgan fingerprint density at radius 1 is 1.38 bits per heavy atom. The quantitative estimate of drug-likeness (QED) is 0.796. The highest BCUT2D eigenvalue weighted by Crippen LogP contribution is 2.36. The van der Waals surface area contributed by atoms with Crippen molar-refractivity contribution in [1.29, 1.82) is 0 Å². The number of fused-ring (bicyclic) bond motifs is 1. The molecule has 0 radical (unpaired) electrons. The molecule has 0 atom stereocenters. The van der Waals surface area contributed by atoms with Gasteiger partial charge in [-0.15, -0.1) is 0 Å². The van der Waals surface area contributed by atoms with E-state index in [1.807, 2.05) is 32.9 Å². The number of benzene rings is 1. The molecule has 0 fully saturated rings. The molecule has 1 aromatic heterocycles. The van der Waals surface area contributed by atoms with E-state index in [-0.39, 0.29) is 5.75 Å². The van der Waals surface area contributed by atoms with Gasteiger partial charge in [0.1, 0.15) is 17.6 Å². The van der Waals surface area contributed by atoms with Crippen LogP contribution in [0.15, 0.2) is 49.5 Å². The maximum Gasteiger partial charge on any atom is 0.149 e. The largest absolute Gasteiger partial charge is 0.505 e. The molecule has 0 spiro atoms. The molecule has 21 heavy (non-hydrogen) atoms. The molecule has 110 valence electrons. The predicted octanol–water partition coefficient (Wildman–Crippen LogP) is 5.16. The van der Waals surface area contributed by atoms with Gasteiger partial charge in [-0.05, 0) is 18.6 Å². The van der Waals surface area contributed by atoms with Crippen LogP contribution in [0.5, 0.6) is 5.75 Å². The molecule has 0 aliphatic carbocycles. The number of allylic oxidation sites excluding steroid dienone is 5. The molecule has 0 unspecified atom stereocenters. The van der Waals surface area contributed by atoms with Crippen LogP contribution in [0.2, 0.25) is 5.02 Å². The van der Waals surface area contributed by atoms with Crippen LogP contribution in [-0.4, -0.2) is 15.1 Å². The maximum absolute atomic E-state index is 10.3. The number of aromatic hydroxyl groups is 1. The van der Waals surface area contributed by atoms with E-state index in [1.54, 1.807) is 24.4 Å². The van der Waals surface area contributed by atoms with Crippen LogP contribution in [0.3, 0.4) is 0 Å². The third-order valence-corrected chi connectivity index (χ3v) is 2.99.